The van der Waals surface area contributed by atoms with E-state index in [4.69, 9.17) is 11.6 Å². The molecule has 0 aliphatic carbocycles. The second-order valence-corrected chi connectivity index (χ2v) is 4.35. The summed E-state index contributed by atoms with van der Waals surface area (Å²) >= 11 is 5.49. The van der Waals surface area contributed by atoms with Gasteiger partial charge in [0, 0.05) is 18.1 Å². The molecule has 1 N–H and O–H groups in total. The Balaban J connectivity index is 2.12. The summed E-state index contributed by atoms with van der Waals surface area (Å²) in [5.74, 6) is -0.482. The molecule has 2 aromatic rings. The van der Waals surface area contributed by atoms with Crippen LogP contribution >= 0.6 is 11.6 Å². The molecule has 20 heavy (non-hydrogen) atoms. The van der Waals surface area contributed by atoms with Crippen molar-refractivity contribution in [2.45, 2.75) is 12.7 Å². The predicted molar refractivity (Wildman–Crippen MR) is 67.3 cm³/mol. The summed E-state index contributed by atoms with van der Waals surface area (Å²) in [6, 6.07) is 4.83. The molecular weight excluding hydrogens is 295 g/mol. The zero-order valence-electron chi connectivity index (χ0n) is 9.99. The number of amides is 1. The molecule has 2 rings (SSSR count). The number of alkyl halides is 3. The topological polar surface area (TPSA) is 46.9 Å². The number of carbonyl (C=O) groups is 1. The molecule has 8 heteroatoms. The summed E-state index contributed by atoms with van der Waals surface area (Å²) in [6.45, 7) is -0.0863. The van der Waals surface area contributed by atoms with Crippen molar-refractivity contribution in [1.29, 1.82) is 0 Å². The van der Waals surface area contributed by atoms with Crippen molar-refractivity contribution < 1.29 is 18.0 Å². The van der Waals surface area contributed by atoms with E-state index in [0.717, 1.165) is 12.1 Å². The Bertz CT molecular complexity index is 611. The number of benzene rings is 1. The molecule has 4 nitrogen and oxygen atoms in total. The van der Waals surface area contributed by atoms with E-state index in [1.54, 1.807) is 12.3 Å². The summed E-state index contributed by atoms with van der Waals surface area (Å²) in [4.78, 5) is 11.6. The zero-order valence-corrected chi connectivity index (χ0v) is 10.7. The monoisotopic (exact) mass is 303 g/mol. The molecule has 0 aliphatic heterocycles. The van der Waals surface area contributed by atoms with E-state index in [2.05, 4.69) is 10.4 Å². The van der Waals surface area contributed by atoms with Gasteiger partial charge in [-0.3, -0.25) is 9.48 Å². The maximum Gasteiger partial charge on any atom is 0.417 e. The van der Waals surface area contributed by atoms with Gasteiger partial charge in [0.25, 0.3) is 0 Å². The van der Waals surface area contributed by atoms with Crippen LogP contribution in [-0.4, -0.2) is 15.7 Å². The van der Waals surface area contributed by atoms with Gasteiger partial charge in [-0.05, 0) is 24.3 Å². The lowest BCUT2D eigenvalue weighted by Crippen LogP contribution is -2.19. The van der Waals surface area contributed by atoms with Gasteiger partial charge in [-0.1, -0.05) is 11.6 Å². The first kappa shape index (κ1) is 14.4. The maximum atomic E-state index is 12.7. The summed E-state index contributed by atoms with van der Waals surface area (Å²) in [5.41, 5.74) is -0.963. The van der Waals surface area contributed by atoms with Crippen LogP contribution in [0.1, 0.15) is 5.56 Å². The third-order valence-corrected chi connectivity index (χ3v) is 2.75. The number of carbonyl (C=O) groups excluding carboxylic acids is 1. The van der Waals surface area contributed by atoms with Crippen LogP contribution < -0.4 is 5.32 Å². The normalized spacial score (nSPS) is 11.4. The number of nitrogens with one attached hydrogen (secondary N) is 1. The molecule has 0 bridgehead atoms. The van der Waals surface area contributed by atoms with Crippen molar-refractivity contribution in [2.75, 3.05) is 5.32 Å². The van der Waals surface area contributed by atoms with Crippen molar-refractivity contribution in [3.63, 3.8) is 0 Å². The van der Waals surface area contributed by atoms with Crippen molar-refractivity contribution in [2.24, 2.45) is 0 Å². The summed E-state index contributed by atoms with van der Waals surface area (Å²) < 4.78 is 39.3. The predicted octanol–water partition coefficient (Wildman–Crippen LogP) is 3.19. The molecule has 1 aromatic carbocycles. The average molecular weight is 304 g/mol. The van der Waals surface area contributed by atoms with Gasteiger partial charge in [-0.2, -0.15) is 18.3 Å². The summed E-state index contributed by atoms with van der Waals surface area (Å²) in [6.07, 6.45) is -1.50. The van der Waals surface area contributed by atoms with E-state index < -0.39 is 22.7 Å². The fourth-order valence-corrected chi connectivity index (χ4v) is 1.79. The van der Waals surface area contributed by atoms with Crippen LogP contribution in [-0.2, 0) is 17.5 Å². The van der Waals surface area contributed by atoms with E-state index in [1.165, 1.54) is 16.9 Å². The average Bonchev–Trinajstić information content (AvgIpc) is 2.83. The molecule has 1 heterocycles. The standard InChI is InChI=1S/C12H9ClF3N3O/c13-10-3-2-8(6-9(10)12(14,15)16)18-11(20)7-19-5-1-4-17-19/h1-6H,7H2,(H,18,20). The molecule has 0 aliphatic rings. The van der Waals surface area contributed by atoms with E-state index in [1.807, 2.05) is 0 Å². The van der Waals surface area contributed by atoms with Crippen LogP contribution in [0.15, 0.2) is 36.7 Å². The number of nitrogens with zero attached hydrogens (tertiary/aromatic N) is 2. The first-order chi connectivity index (χ1) is 9.36. The lowest BCUT2D eigenvalue weighted by Gasteiger charge is -2.11. The van der Waals surface area contributed by atoms with Gasteiger partial charge in [-0.15, -0.1) is 0 Å². The lowest BCUT2D eigenvalue weighted by atomic mass is 10.2. The Morgan fingerprint density at radius 1 is 1.40 bits per heavy atom. The molecule has 0 unspecified atom stereocenters. The largest absolute Gasteiger partial charge is 0.417 e. The lowest BCUT2D eigenvalue weighted by molar-refractivity contribution is -0.137. The van der Waals surface area contributed by atoms with Crippen LogP contribution in [0, 0.1) is 0 Å². The minimum atomic E-state index is -4.57. The molecule has 0 radical (unpaired) electrons. The maximum absolute atomic E-state index is 12.7. The highest BCUT2D eigenvalue weighted by Gasteiger charge is 2.33. The fourth-order valence-electron chi connectivity index (χ4n) is 1.56. The van der Waals surface area contributed by atoms with Gasteiger partial charge in [0.1, 0.15) is 6.54 Å². The van der Waals surface area contributed by atoms with E-state index in [-0.39, 0.29) is 12.2 Å². The van der Waals surface area contributed by atoms with Crippen LogP contribution in [0.2, 0.25) is 5.02 Å². The van der Waals surface area contributed by atoms with Crippen LogP contribution in [0.25, 0.3) is 0 Å². The van der Waals surface area contributed by atoms with E-state index >= 15 is 0 Å². The highest BCUT2D eigenvalue weighted by atomic mass is 35.5. The van der Waals surface area contributed by atoms with Gasteiger partial charge in [0.15, 0.2) is 0 Å². The second-order valence-electron chi connectivity index (χ2n) is 3.94. The molecule has 0 atom stereocenters. The molecule has 1 aromatic heterocycles. The minimum absolute atomic E-state index is 0.0267. The van der Waals surface area contributed by atoms with E-state index in [0.29, 0.717) is 0 Å². The second kappa shape index (κ2) is 5.54. The summed E-state index contributed by atoms with van der Waals surface area (Å²) in [7, 11) is 0. The molecular formula is C12H9ClF3N3O. The van der Waals surface area contributed by atoms with Crippen molar-refractivity contribution in [3.8, 4) is 0 Å². The minimum Gasteiger partial charge on any atom is -0.324 e. The first-order valence-electron chi connectivity index (χ1n) is 5.50. The SMILES string of the molecule is O=C(Cn1cccn1)Nc1ccc(Cl)c(C(F)(F)F)c1. The quantitative estimate of drug-likeness (QED) is 0.946. The summed E-state index contributed by atoms with van der Waals surface area (Å²) in [5, 5.41) is 5.77. The Morgan fingerprint density at radius 3 is 2.75 bits per heavy atom. The van der Waals surface area contributed by atoms with Crippen molar-refractivity contribution in [1.82, 2.24) is 9.78 Å². The van der Waals surface area contributed by atoms with Gasteiger partial charge in [-0.25, -0.2) is 0 Å². The van der Waals surface area contributed by atoms with Crippen molar-refractivity contribution in [3.05, 3.63) is 47.2 Å². The number of hydrogen-bond donors (Lipinski definition) is 1. The Kier molecular flexibility index (Phi) is 3.99. The Hall–Kier alpha value is -2.02. The zero-order chi connectivity index (χ0) is 14.8. The van der Waals surface area contributed by atoms with Crippen molar-refractivity contribution >= 4 is 23.2 Å². The molecule has 106 valence electrons. The third-order valence-electron chi connectivity index (χ3n) is 2.42. The van der Waals surface area contributed by atoms with Gasteiger partial charge >= 0.3 is 6.18 Å². The van der Waals surface area contributed by atoms with Crippen LogP contribution in [0.3, 0.4) is 0 Å². The smallest absolute Gasteiger partial charge is 0.324 e. The Morgan fingerprint density at radius 2 is 2.15 bits per heavy atom. The van der Waals surface area contributed by atoms with Crippen LogP contribution in [0.5, 0.6) is 0 Å². The van der Waals surface area contributed by atoms with Gasteiger partial charge in [0.2, 0.25) is 5.91 Å². The first-order valence-corrected chi connectivity index (χ1v) is 5.88. The molecule has 0 saturated heterocycles. The van der Waals surface area contributed by atoms with Crippen LogP contribution in [0.4, 0.5) is 18.9 Å². The highest BCUT2D eigenvalue weighted by Crippen LogP contribution is 2.36. The molecule has 0 fully saturated rings. The highest BCUT2D eigenvalue weighted by molar-refractivity contribution is 6.31. The fraction of sp³-hybridized carbons (Fsp3) is 0.167. The molecule has 1 amide bonds. The number of aromatic nitrogens is 2. The number of halogens is 4. The molecule has 0 saturated carbocycles. The van der Waals surface area contributed by atoms with Gasteiger partial charge in [0.05, 0.1) is 10.6 Å². The number of anilines is 1. The van der Waals surface area contributed by atoms with Gasteiger partial charge < -0.3 is 5.32 Å². The number of rotatable bonds is 3. The third kappa shape index (κ3) is 3.51. The Labute approximate surface area is 117 Å². The van der Waals surface area contributed by atoms with E-state index in [9.17, 15) is 18.0 Å². The number of hydrogen-bond acceptors (Lipinski definition) is 2. The molecule has 0 spiro atoms.